The van der Waals surface area contributed by atoms with Crippen molar-refractivity contribution in [3.8, 4) is 0 Å². The molecule has 4 heteroatoms. The second-order valence-electron chi connectivity index (χ2n) is 4.54. The molecule has 1 aliphatic carbocycles. The maximum Gasteiger partial charge on any atom is 0.320 e. The minimum absolute atomic E-state index is 0.103. The van der Waals surface area contributed by atoms with Crippen molar-refractivity contribution in [2.24, 2.45) is 0 Å². The molecule has 0 aromatic carbocycles. The highest BCUT2D eigenvalue weighted by molar-refractivity contribution is 5.71. The van der Waals surface area contributed by atoms with Gasteiger partial charge in [-0.2, -0.15) is 0 Å². The highest BCUT2D eigenvalue weighted by Gasteiger charge is 2.34. The van der Waals surface area contributed by atoms with Crippen LogP contribution in [0.2, 0.25) is 0 Å². The van der Waals surface area contributed by atoms with Crippen LogP contribution >= 0.6 is 0 Å². The van der Waals surface area contributed by atoms with E-state index in [1.165, 1.54) is 12.8 Å². The predicted molar refractivity (Wildman–Crippen MR) is 60.2 cm³/mol. The SMILES string of the molecule is CCOC(=O)CN1CCO[C@@H]2CCCC[C@@H]21. The smallest absolute Gasteiger partial charge is 0.320 e. The number of morpholine rings is 1. The number of ether oxygens (including phenoxy) is 2. The van der Waals surface area contributed by atoms with Gasteiger partial charge in [-0.15, -0.1) is 0 Å². The van der Waals surface area contributed by atoms with Crippen LogP contribution in [0.5, 0.6) is 0 Å². The van der Waals surface area contributed by atoms with E-state index < -0.39 is 0 Å². The van der Waals surface area contributed by atoms with Crippen LogP contribution in [-0.4, -0.2) is 49.3 Å². The molecule has 0 unspecified atom stereocenters. The van der Waals surface area contributed by atoms with Crippen molar-refractivity contribution < 1.29 is 14.3 Å². The summed E-state index contributed by atoms with van der Waals surface area (Å²) < 4.78 is 10.8. The zero-order chi connectivity index (χ0) is 11.4. The molecule has 1 aliphatic heterocycles. The molecule has 1 saturated heterocycles. The number of nitrogens with zero attached hydrogens (tertiary/aromatic N) is 1. The van der Waals surface area contributed by atoms with E-state index in [0.29, 0.717) is 25.3 Å². The first-order chi connectivity index (χ1) is 7.81. The number of hydrogen-bond acceptors (Lipinski definition) is 4. The molecule has 2 fully saturated rings. The first-order valence-electron chi connectivity index (χ1n) is 6.32. The first-order valence-corrected chi connectivity index (χ1v) is 6.32. The lowest BCUT2D eigenvalue weighted by atomic mass is 9.90. The van der Waals surface area contributed by atoms with Crippen LogP contribution in [0.25, 0.3) is 0 Å². The third-order valence-corrected chi connectivity index (χ3v) is 3.48. The normalized spacial score (nSPS) is 30.8. The lowest BCUT2D eigenvalue weighted by Crippen LogP contribution is -2.54. The van der Waals surface area contributed by atoms with Gasteiger partial charge in [-0.1, -0.05) is 12.8 Å². The van der Waals surface area contributed by atoms with E-state index in [1.807, 2.05) is 6.92 Å². The van der Waals surface area contributed by atoms with E-state index >= 15 is 0 Å². The van der Waals surface area contributed by atoms with Gasteiger partial charge in [-0.05, 0) is 19.8 Å². The highest BCUT2D eigenvalue weighted by Crippen LogP contribution is 2.28. The molecule has 92 valence electrons. The minimum Gasteiger partial charge on any atom is -0.465 e. The number of esters is 1. The topological polar surface area (TPSA) is 38.8 Å². The standard InChI is InChI=1S/C12H21NO3/c1-2-15-12(14)9-13-7-8-16-11-6-4-3-5-10(11)13/h10-11H,2-9H2,1H3/t10-,11+/m0/s1. The number of fused-ring (bicyclic) bond motifs is 1. The molecule has 0 spiro atoms. The molecule has 0 N–H and O–H groups in total. The maximum atomic E-state index is 11.5. The largest absolute Gasteiger partial charge is 0.465 e. The van der Waals surface area contributed by atoms with E-state index in [0.717, 1.165) is 26.0 Å². The summed E-state index contributed by atoms with van der Waals surface area (Å²) in [6.45, 7) is 4.36. The van der Waals surface area contributed by atoms with Gasteiger partial charge < -0.3 is 9.47 Å². The summed E-state index contributed by atoms with van der Waals surface area (Å²) in [6.07, 6.45) is 5.16. The number of carbonyl (C=O) groups excluding carboxylic acids is 1. The summed E-state index contributed by atoms with van der Waals surface area (Å²) in [5.74, 6) is -0.103. The van der Waals surface area contributed by atoms with Gasteiger partial charge in [-0.3, -0.25) is 9.69 Å². The van der Waals surface area contributed by atoms with Crippen LogP contribution in [-0.2, 0) is 14.3 Å². The number of rotatable bonds is 3. The first kappa shape index (κ1) is 11.9. The molecule has 0 bridgehead atoms. The van der Waals surface area contributed by atoms with Crippen molar-refractivity contribution >= 4 is 5.97 Å². The Kier molecular flexibility index (Phi) is 4.18. The van der Waals surface area contributed by atoms with Crippen molar-refractivity contribution in [3.05, 3.63) is 0 Å². The van der Waals surface area contributed by atoms with Gasteiger partial charge in [0.2, 0.25) is 0 Å². The Hall–Kier alpha value is -0.610. The van der Waals surface area contributed by atoms with E-state index in [4.69, 9.17) is 9.47 Å². The van der Waals surface area contributed by atoms with Gasteiger partial charge >= 0.3 is 5.97 Å². The van der Waals surface area contributed by atoms with E-state index in [9.17, 15) is 4.79 Å². The highest BCUT2D eigenvalue weighted by atomic mass is 16.5. The average Bonchev–Trinajstić information content (AvgIpc) is 2.30. The van der Waals surface area contributed by atoms with Gasteiger partial charge in [0, 0.05) is 12.6 Å². The fourth-order valence-electron chi connectivity index (χ4n) is 2.75. The third-order valence-electron chi connectivity index (χ3n) is 3.48. The van der Waals surface area contributed by atoms with Crippen molar-refractivity contribution in [1.29, 1.82) is 0 Å². The summed E-state index contributed by atoms with van der Waals surface area (Å²) in [5, 5.41) is 0. The second kappa shape index (κ2) is 5.64. The van der Waals surface area contributed by atoms with E-state index in [1.54, 1.807) is 0 Å². The molecule has 2 atom stereocenters. The number of carbonyl (C=O) groups is 1. The monoisotopic (exact) mass is 227 g/mol. The molecular formula is C12H21NO3. The van der Waals surface area contributed by atoms with Crippen molar-refractivity contribution in [1.82, 2.24) is 4.90 Å². The van der Waals surface area contributed by atoms with E-state index in [-0.39, 0.29) is 5.97 Å². The lowest BCUT2D eigenvalue weighted by molar-refractivity contribution is -0.150. The predicted octanol–water partition coefficient (Wildman–Crippen LogP) is 1.19. The van der Waals surface area contributed by atoms with Gasteiger partial charge in [0.25, 0.3) is 0 Å². The Labute approximate surface area is 96.9 Å². The van der Waals surface area contributed by atoms with Crippen LogP contribution in [0, 0.1) is 0 Å². The quantitative estimate of drug-likeness (QED) is 0.679. The fourth-order valence-corrected chi connectivity index (χ4v) is 2.75. The average molecular weight is 227 g/mol. The van der Waals surface area contributed by atoms with Gasteiger partial charge in [0.05, 0.1) is 25.9 Å². The summed E-state index contributed by atoms with van der Waals surface area (Å²) in [4.78, 5) is 13.7. The maximum absolute atomic E-state index is 11.5. The molecule has 2 rings (SSSR count). The molecule has 1 heterocycles. The Morgan fingerprint density at radius 2 is 2.25 bits per heavy atom. The van der Waals surface area contributed by atoms with Crippen LogP contribution < -0.4 is 0 Å². The van der Waals surface area contributed by atoms with Crippen LogP contribution in [0.1, 0.15) is 32.6 Å². The molecule has 2 aliphatic rings. The number of hydrogen-bond donors (Lipinski definition) is 0. The minimum atomic E-state index is -0.103. The van der Waals surface area contributed by atoms with Crippen LogP contribution in [0.3, 0.4) is 0 Å². The molecule has 0 aromatic heterocycles. The molecular weight excluding hydrogens is 206 g/mol. The summed E-state index contributed by atoms with van der Waals surface area (Å²) in [6, 6.07) is 0.437. The Morgan fingerprint density at radius 1 is 1.44 bits per heavy atom. The van der Waals surface area contributed by atoms with Crippen molar-refractivity contribution in [3.63, 3.8) is 0 Å². The third kappa shape index (κ3) is 2.74. The fraction of sp³-hybridized carbons (Fsp3) is 0.917. The zero-order valence-corrected chi connectivity index (χ0v) is 9.98. The van der Waals surface area contributed by atoms with Crippen LogP contribution in [0.15, 0.2) is 0 Å². The summed E-state index contributed by atoms with van der Waals surface area (Å²) in [7, 11) is 0. The Bertz CT molecular complexity index is 242. The molecule has 16 heavy (non-hydrogen) atoms. The molecule has 1 saturated carbocycles. The Balaban J connectivity index is 1.89. The van der Waals surface area contributed by atoms with Crippen molar-refractivity contribution in [2.75, 3.05) is 26.3 Å². The van der Waals surface area contributed by atoms with Gasteiger partial charge in [0.1, 0.15) is 0 Å². The second-order valence-corrected chi connectivity index (χ2v) is 4.54. The Morgan fingerprint density at radius 3 is 3.06 bits per heavy atom. The zero-order valence-electron chi connectivity index (χ0n) is 9.98. The van der Waals surface area contributed by atoms with Gasteiger partial charge in [0.15, 0.2) is 0 Å². The van der Waals surface area contributed by atoms with Gasteiger partial charge in [-0.25, -0.2) is 0 Å². The molecule has 4 nitrogen and oxygen atoms in total. The lowest BCUT2D eigenvalue weighted by Gasteiger charge is -2.43. The van der Waals surface area contributed by atoms with Crippen LogP contribution in [0.4, 0.5) is 0 Å². The molecule has 0 radical (unpaired) electrons. The van der Waals surface area contributed by atoms with E-state index in [2.05, 4.69) is 4.90 Å². The molecule has 0 amide bonds. The summed E-state index contributed by atoms with van der Waals surface area (Å²) in [5.41, 5.74) is 0. The summed E-state index contributed by atoms with van der Waals surface area (Å²) >= 11 is 0. The molecule has 0 aromatic rings. The van der Waals surface area contributed by atoms with Crippen molar-refractivity contribution in [2.45, 2.75) is 44.8 Å².